The number of hydrogen-bond acceptors (Lipinski definition) is 3. The van der Waals surface area contributed by atoms with Crippen molar-refractivity contribution in [3.05, 3.63) is 83.4 Å². The van der Waals surface area contributed by atoms with E-state index in [0.29, 0.717) is 11.3 Å². The average molecular weight is 318 g/mol. The van der Waals surface area contributed by atoms with E-state index in [1.807, 2.05) is 18.2 Å². The topological polar surface area (TPSA) is 43.4 Å². The van der Waals surface area contributed by atoms with Crippen molar-refractivity contribution in [1.82, 2.24) is 0 Å². The van der Waals surface area contributed by atoms with Crippen LogP contribution in [-0.4, -0.2) is 18.2 Å². The fraction of sp³-hybridized carbons (Fsp3) is 0.143. The molecule has 0 aromatic heterocycles. The number of fused-ring (bicyclic) bond motifs is 1. The Morgan fingerprint density at radius 3 is 2.79 bits per heavy atom. The van der Waals surface area contributed by atoms with Crippen LogP contribution in [0.5, 0.6) is 5.75 Å². The third-order valence-corrected chi connectivity index (χ3v) is 3.85. The van der Waals surface area contributed by atoms with Crippen LogP contribution >= 0.6 is 0 Å². The molecular formula is C21H18O3. The number of allylic oxidation sites excluding steroid dienone is 4. The van der Waals surface area contributed by atoms with Crippen LogP contribution in [0.15, 0.2) is 66.8 Å². The van der Waals surface area contributed by atoms with Gasteiger partial charge in [-0.3, -0.25) is 9.59 Å². The first kappa shape index (κ1) is 15.9. The highest BCUT2D eigenvalue weighted by molar-refractivity contribution is 6.06. The number of carbonyl (C=O) groups excluding carboxylic acids is 2. The molecule has 0 heterocycles. The Balaban J connectivity index is 1.71. The molecule has 0 aliphatic heterocycles. The highest BCUT2D eigenvalue weighted by Gasteiger charge is 2.11. The first-order chi connectivity index (χ1) is 11.6. The van der Waals surface area contributed by atoms with Gasteiger partial charge in [-0.1, -0.05) is 48.6 Å². The van der Waals surface area contributed by atoms with Crippen LogP contribution in [0.3, 0.4) is 0 Å². The summed E-state index contributed by atoms with van der Waals surface area (Å²) in [5, 5.41) is 0. The van der Waals surface area contributed by atoms with Crippen molar-refractivity contribution in [3.8, 4) is 5.75 Å². The minimum atomic E-state index is -0.0893. The molecular weight excluding hydrogens is 300 g/mol. The van der Waals surface area contributed by atoms with Crippen molar-refractivity contribution in [2.45, 2.75) is 13.3 Å². The van der Waals surface area contributed by atoms with Gasteiger partial charge < -0.3 is 4.74 Å². The van der Waals surface area contributed by atoms with Gasteiger partial charge in [-0.15, -0.1) is 0 Å². The summed E-state index contributed by atoms with van der Waals surface area (Å²) in [5.74, 6) is 0.377. The maximum Gasteiger partial charge on any atom is 0.185 e. The summed E-state index contributed by atoms with van der Waals surface area (Å²) in [6, 6.07) is 15.1. The molecule has 24 heavy (non-hydrogen) atoms. The SMILES string of the molecule is CC(=O)COc1cccc(C(=O)/C=C/C2=CCc3ccccc32)c1. The van der Waals surface area contributed by atoms with Crippen LogP contribution < -0.4 is 4.74 Å². The number of ether oxygens (including phenoxy) is 1. The van der Waals surface area contributed by atoms with Gasteiger partial charge >= 0.3 is 0 Å². The van der Waals surface area contributed by atoms with Gasteiger partial charge in [0.25, 0.3) is 0 Å². The molecule has 120 valence electrons. The van der Waals surface area contributed by atoms with Crippen molar-refractivity contribution >= 4 is 17.1 Å². The summed E-state index contributed by atoms with van der Waals surface area (Å²) >= 11 is 0. The standard InChI is InChI=1S/C21H18O3/c1-15(22)14-24-19-7-4-6-18(13-19)21(23)12-11-17-10-9-16-5-2-3-8-20(16)17/h2-8,10-13H,9,14H2,1H3/b12-11+. The Labute approximate surface area is 141 Å². The second kappa shape index (κ2) is 7.09. The molecule has 0 saturated heterocycles. The lowest BCUT2D eigenvalue weighted by Crippen LogP contribution is -2.07. The first-order valence-electron chi connectivity index (χ1n) is 7.86. The summed E-state index contributed by atoms with van der Waals surface area (Å²) < 4.78 is 5.35. The van der Waals surface area contributed by atoms with E-state index in [1.54, 1.807) is 30.3 Å². The zero-order chi connectivity index (χ0) is 16.9. The highest BCUT2D eigenvalue weighted by atomic mass is 16.5. The number of ketones is 2. The lowest BCUT2D eigenvalue weighted by atomic mass is 10.0. The van der Waals surface area contributed by atoms with Crippen molar-refractivity contribution < 1.29 is 14.3 Å². The lowest BCUT2D eigenvalue weighted by Gasteiger charge is -2.05. The van der Waals surface area contributed by atoms with E-state index in [-0.39, 0.29) is 18.2 Å². The summed E-state index contributed by atoms with van der Waals surface area (Å²) in [6.07, 6.45) is 6.47. The number of hydrogen-bond donors (Lipinski definition) is 0. The third-order valence-electron chi connectivity index (χ3n) is 3.85. The van der Waals surface area contributed by atoms with E-state index in [2.05, 4.69) is 18.2 Å². The molecule has 0 spiro atoms. The van der Waals surface area contributed by atoms with Crippen molar-refractivity contribution in [3.63, 3.8) is 0 Å². The molecule has 0 atom stereocenters. The zero-order valence-electron chi connectivity index (χ0n) is 13.5. The molecule has 3 nitrogen and oxygen atoms in total. The normalized spacial score (nSPS) is 12.8. The summed E-state index contributed by atoms with van der Waals surface area (Å²) in [7, 11) is 0. The molecule has 2 aromatic carbocycles. The molecule has 0 unspecified atom stereocenters. The zero-order valence-corrected chi connectivity index (χ0v) is 13.5. The van der Waals surface area contributed by atoms with Crippen molar-refractivity contribution in [2.75, 3.05) is 6.61 Å². The second-order valence-corrected chi connectivity index (χ2v) is 5.74. The fourth-order valence-corrected chi connectivity index (χ4v) is 2.65. The Bertz CT molecular complexity index is 844. The fourth-order valence-electron chi connectivity index (χ4n) is 2.65. The first-order valence-corrected chi connectivity index (χ1v) is 7.86. The molecule has 0 bridgehead atoms. The molecule has 0 radical (unpaired) electrons. The van der Waals surface area contributed by atoms with Gasteiger partial charge in [0, 0.05) is 5.56 Å². The number of carbonyl (C=O) groups is 2. The third kappa shape index (κ3) is 3.69. The molecule has 1 aliphatic carbocycles. The number of benzene rings is 2. The van der Waals surface area contributed by atoms with Crippen LogP contribution in [0.1, 0.15) is 28.4 Å². The van der Waals surface area contributed by atoms with E-state index in [4.69, 9.17) is 4.74 Å². The molecule has 3 rings (SSSR count). The molecule has 0 amide bonds. The Hall–Kier alpha value is -2.94. The van der Waals surface area contributed by atoms with Gasteiger partial charge in [0.15, 0.2) is 11.6 Å². The predicted molar refractivity (Wildman–Crippen MR) is 94.2 cm³/mol. The summed E-state index contributed by atoms with van der Waals surface area (Å²) in [4.78, 5) is 23.3. The average Bonchev–Trinajstić information content (AvgIpc) is 3.01. The van der Waals surface area contributed by atoms with E-state index in [9.17, 15) is 9.59 Å². The van der Waals surface area contributed by atoms with Gasteiger partial charge in [0.1, 0.15) is 12.4 Å². The van der Waals surface area contributed by atoms with Gasteiger partial charge in [-0.25, -0.2) is 0 Å². The monoisotopic (exact) mass is 318 g/mol. The van der Waals surface area contributed by atoms with Gasteiger partial charge in [-0.05, 0) is 48.3 Å². The molecule has 0 saturated carbocycles. The summed E-state index contributed by atoms with van der Waals surface area (Å²) in [6.45, 7) is 1.47. The molecule has 0 fully saturated rings. The van der Waals surface area contributed by atoms with Crippen LogP contribution in [0.25, 0.3) is 5.57 Å². The van der Waals surface area contributed by atoms with Crippen LogP contribution in [0.2, 0.25) is 0 Å². The predicted octanol–water partition coefficient (Wildman–Crippen LogP) is 4.03. The van der Waals surface area contributed by atoms with Gasteiger partial charge in [0.05, 0.1) is 0 Å². The Morgan fingerprint density at radius 1 is 1.12 bits per heavy atom. The van der Waals surface area contributed by atoms with E-state index in [0.717, 1.165) is 12.0 Å². The van der Waals surface area contributed by atoms with Gasteiger partial charge in [0.2, 0.25) is 0 Å². The van der Waals surface area contributed by atoms with Crippen molar-refractivity contribution in [2.24, 2.45) is 0 Å². The molecule has 0 N–H and O–H groups in total. The molecule has 3 heteroatoms. The van der Waals surface area contributed by atoms with Crippen LogP contribution in [0.4, 0.5) is 0 Å². The molecule has 1 aliphatic rings. The Morgan fingerprint density at radius 2 is 1.96 bits per heavy atom. The Kier molecular flexibility index (Phi) is 4.71. The van der Waals surface area contributed by atoms with Gasteiger partial charge in [-0.2, -0.15) is 0 Å². The van der Waals surface area contributed by atoms with E-state index < -0.39 is 0 Å². The minimum absolute atomic E-state index is 0.0111. The number of Topliss-reactive ketones (excluding diaryl/α,β-unsaturated/α-hetero) is 1. The van der Waals surface area contributed by atoms with E-state index >= 15 is 0 Å². The maximum absolute atomic E-state index is 12.4. The number of rotatable bonds is 6. The lowest BCUT2D eigenvalue weighted by molar-refractivity contribution is -0.118. The van der Waals surface area contributed by atoms with Crippen LogP contribution in [-0.2, 0) is 11.2 Å². The largest absolute Gasteiger partial charge is 0.486 e. The smallest absolute Gasteiger partial charge is 0.185 e. The minimum Gasteiger partial charge on any atom is -0.486 e. The summed E-state index contributed by atoms with van der Waals surface area (Å²) in [5.41, 5.74) is 4.08. The van der Waals surface area contributed by atoms with Crippen LogP contribution in [0, 0.1) is 0 Å². The highest BCUT2D eigenvalue weighted by Crippen LogP contribution is 2.28. The van der Waals surface area contributed by atoms with E-state index in [1.165, 1.54) is 18.1 Å². The van der Waals surface area contributed by atoms with Crippen molar-refractivity contribution in [1.29, 1.82) is 0 Å². The second-order valence-electron chi connectivity index (χ2n) is 5.74. The quantitative estimate of drug-likeness (QED) is 0.596. The molecule has 2 aromatic rings. The maximum atomic E-state index is 12.4.